The van der Waals surface area contributed by atoms with Gasteiger partial charge >= 0.3 is 5.97 Å². The number of benzene rings is 1. The molecule has 0 aliphatic carbocycles. The summed E-state index contributed by atoms with van der Waals surface area (Å²) >= 11 is 0. The second-order valence-electron chi connectivity index (χ2n) is 4.23. The van der Waals surface area contributed by atoms with E-state index in [4.69, 9.17) is 5.11 Å². The van der Waals surface area contributed by atoms with Crippen LogP contribution < -0.4 is 15.7 Å². The third-order valence-corrected chi connectivity index (χ3v) is 3.05. The van der Waals surface area contributed by atoms with Crippen molar-refractivity contribution in [2.45, 2.75) is 6.42 Å². The highest BCUT2D eigenvalue weighted by Gasteiger charge is 2.14. The lowest BCUT2D eigenvalue weighted by Gasteiger charge is -2.24. The Kier molecular flexibility index (Phi) is 4.01. The van der Waals surface area contributed by atoms with Crippen molar-refractivity contribution >= 4 is 17.3 Å². The summed E-state index contributed by atoms with van der Waals surface area (Å²) in [6.45, 7) is 3.58. The second-order valence-corrected chi connectivity index (χ2v) is 4.23. The summed E-state index contributed by atoms with van der Waals surface area (Å²) in [4.78, 5) is 13.2. The number of hydrogen-bond donors (Lipinski definition) is 3. The van der Waals surface area contributed by atoms with E-state index in [0.717, 1.165) is 38.3 Å². The number of rotatable bonds is 3. The molecule has 0 unspecified atom stereocenters. The van der Waals surface area contributed by atoms with Gasteiger partial charge in [0.05, 0.1) is 5.56 Å². The van der Waals surface area contributed by atoms with Crippen LogP contribution in [0.1, 0.15) is 16.8 Å². The van der Waals surface area contributed by atoms with E-state index in [2.05, 4.69) is 10.2 Å². The molecule has 1 fully saturated rings. The molecule has 0 amide bonds. The maximum atomic E-state index is 11.1. The first-order valence-corrected chi connectivity index (χ1v) is 5.93. The molecule has 1 aliphatic heterocycles. The minimum absolute atomic E-state index is 0.0136. The molecule has 1 aromatic rings. The zero-order chi connectivity index (χ0) is 13.0. The van der Waals surface area contributed by atoms with Crippen molar-refractivity contribution in [1.29, 1.82) is 0 Å². The van der Waals surface area contributed by atoms with Gasteiger partial charge in [-0.2, -0.15) is 0 Å². The summed E-state index contributed by atoms with van der Waals surface area (Å²) in [6.07, 6.45) is 1.02. The molecule has 1 saturated heterocycles. The van der Waals surface area contributed by atoms with Crippen LogP contribution in [0.5, 0.6) is 0 Å². The number of carbonyl (C=O) groups is 1. The van der Waals surface area contributed by atoms with E-state index in [1.807, 2.05) is 0 Å². The van der Waals surface area contributed by atoms with Crippen molar-refractivity contribution in [3.8, 4) is 0 Å². The van der Waals surface area contributed by atoms with E-state index in [1.165, 1.54) is 6.07 Å². The quantitative estimate of drug-likeness (QED) is 0.696. The van der Waals surface area contributed by atoms with E-state index in [9.17, 15) is 10.0 Å². The Bertz CT molecular complexity index is 429. The number of carboxylic acid groups (broad SMARTS) is 1. The van der Waals surface area contributed by atoms with Gasteiger partial charge in [0.1, 0.15) is 0 Å². The van der Waals surface area contributed by atoms with E-state index in [1.54, 1.807) is 17.6 Å². The molecule has 2 rings (SSSR count). The van der Waals surface area contributed by atoms with Crippen LogP contribution in [-0.4, -0.2) is 37.3 Å². The minimum atomic E-state index is -1.09. The summed E-state index contributed by atoms with van der Waals surface area (Å²) in [5.74, 6) is -1.09. The van der Waals surface area contributed by atoms with Crippen molar-refractivity contribution in [3.63, 3.8) is 0 Å². The van der Waals surface area contributed by atoms with Crippen LogP contribution >= 0.6 is 0 Å². The Morgan fingerprint density at radius 3 is 2.94 bits per heavy atom. The summed E-state index contributed by atoms with van der Waals surface area (Å²) in [5, 5.41) is 23.0. The predicted molar refractivity (Wildman–Crippen MR) is 70.1 cm³/mol. The Balaban J connectivity index is 2.27. The van der Waals surface area contributed by atoms with Crippen molar-refractivity contribution in [1.82, 2.24) is 5.32 Å². The molecule has 18 heavy (non-hydrogen) atoms. The normalized spacial score (nSPS) is 16.2. The Morgan fingerprint density at radius 1 is 1.39 bits per heavy atom. The molecule has 1 aliphatic rings. The molecule has 6 heteroatoms. The van der Waals surface area contributed by atoms with Gasteiger partial charge < -0.3 is 26.0 Å². The Labute approximate surface area is 105 Å². The Morgan fingerprint density at radius 2 is 2.22 bits per heavy atom. The number of nitrogens with zero attached hydrogens (tertiary/aromatic N) is 1. The van der Waals surface area contributed by atoms with Gasteiger partial charge in [-0.1, -0.05) is 0 Å². The zero-order valence-electron chi connectivity index (χ0n) is 9.98. The van der Waals surface area contributed by atoms with Crippen LogP contribution in [0.3, 0.4) is 0 Å². The number of aromatic carboxylic acids is 1. The molecular weight excluding hydrogens is 234 g/mol. The van der Waals surface area contributed by atoms with Gasteiger partial charge in [-0.05, 0) is 31.2 Å². The monoisotopic (exact) mass is 250 g/mol. The fraction of sp³-hybridized carbons (Fsp3) is 0.417. The summed E-state index contributed by atoms with van der Waals surface area (Å²) in [7, 11) is 0. The third-order valence-electron chi connectivity index (χ3n) is 3.05. The summed E-state index contributed by atoms with van der Waals surface area (Å²) < 4.78 is 0. The predicted octanol–water partition coefficient (Wildman–Crippen LogP) is 1.09. The van der Waals surface area contributed by atoms with Crippen LogP contribution in [0.4, 0.5) is 11.4 Å². The first-order valence-electron chi connectivity index (χ1n) is 5.93. The molecule has 0 saturated carbocycles. The standard InChI is InChI=1S/C12H16N3O3/c16-12(17)10-8-9(2-3-11(10)14-18)15-6-1-4-13-5-7-15/h2-3,8,13-14H,1,4-7H2,(H,16,17)/q-1. The molecule has 0 spiro atoms. The summed E-state index contributed by atoms with van der Waals surface area (Å²) in [6, 6.07) is 4.84. The molecule has 0 atom stereocenters. The van der Waals surface area contributed by atoms with Crippen LogP contribution in [0.2, 0.25) is 0 Å². The van der Waals surface area contributed by atoms with Crippen molar-refractivity contribution in [2.24, 2.45) is 0 Å². The van der Waals surface area contributed by atoms with E-state index < -0.39 is 5.97 Å². The number of carboxylic acids is 1. The van der Waals surface area contributed by atoms with Crippen LogP contribution in [-0.2, 0) is 0 Å². The lowest BCUT2D eigenvalue weighted by atomic mass is 10.1. The first kappa shape index (κ1) is 12.7. The smallest absolute Gasteiger partial charge is 0.337 e. The number of anilines is 2. The van der Waals surface area contributed by atoms with Crippen LogP contribution in [0.25, 0.3) is 0 Å². The van der Waals surface area contributed by atoms with E-state index in [0.29, 0.717) is 0 Å². The highest BCUT2D eigenvalue weighted by atomic mass is 16.5. The van der Waals surface area contributed by atoms with Crippen molar-refractivity contribution < 1.29 is 9.90 Å². The highest BCUT2D eigenvalue weighted by molar-refractivity contribution is 5.95. The van der Waals surface area contributed by atoms with Gasteiger partial charge in [0, 0.05) is 31.0 Å². The topological polar surface area (TPSA) is 87.7 Å². The van der Waals surface area contributed by atoms with Gasteiger partial charge in [-0.3, -0.25) is 0 Å². The molecule has 0 bridgehead atoms. The largest absolute Gasteiger partial charge is 0.761 e. The average molecular weight is 250 g/mol. The molecule has 98 valence electrons. The number of hydrogen-bond acceptors (Lipinski definition) is 5. The van der Waals surface area contributed by atoms with Crippen LogP contribution in [0, 0.1) is 5.21 Å². The van der Waals surface area contributed by atoms with Gasteiger partial charge in [0.25, 0.3) is 0 Å². The molecule has 6 nitrogen and oxygen atoms in total. The minimum Gasteiger partial charge on any atom is -0.761 e. The molecular formula is C12H16N3O3-. The van der Waals surface area contributed by atoms with Crippen molar-refractivity contribution in [3.05, 3.63) is 29.0 Å². The maximum absolute atomic E-state index is 11.1. The maximum Gasteiger partial charge on any atom is 0.337 e. The van der Waals surface area contributed by atoms with E-state index >= 15 is 0 Å². The van der Waals surface area contributed by atoms with Gasteiger partial charge in [-0.25, -0.2) is 4.79 Å². The van der Waals surface area contributed by atoms with Gasteiger partial charge in [0.15, 0.2) is 0 Å². The lowest BCUT2D eigenvalue weighted by molar-refractivity contribution is 0.0698. The van der Waals surface area contributed by atoms with E-state index in [-0.39, 0.29) is 11.3 Å². The summed E-state index contributed by atoms with van der Waals surface area (Å²) in [5.41, 5.74) is 2.61. The molecule has 1 aromatic carbocycles. The third kappa shape index (κ3) is 2.72. The zero-order valence-corrected chi connectivity index (χ0v) is 9.98. The fourth-order valence-corrected chi connectivity index (χ4v) is 2.10. The molecule has 1 heterocycles. The fourth-order valence-electron chi connectivity index (χ4n) is 2.10. The molecule has 0 radical (unpaired) electrons. The SMILES string of the molecule is O=C(O)c1cc(N2CCCNCC2)ccc1N[O-]. The molecule has 0 aromatic heterocycles. The number of nitrogens with one attached hydrogen (secondary N) is 2. The van der Waals surface area contributed by atoms with Gasteiger partial charge in [0.2, 0.25) is 0 Å². The van der Waals surface area contributed by atoms with Crippen molar-refractivity contribution in [2.75, 3.05) is 36.6 Å². The first-order chi connectivity index (χ1) is 8.72. The van der Waals surface area contributed by atoms with Crippen LogP contribution in [0.15, 0.2) is 18.2 Å². The highest BCUT2D eigenvalue weighted by Crippen LogP contribution is 2.23. The second kappa shape index (κ2) is 5.70. The Hall–Kier alpha value is -1.79. The molecule has 3 N–H and O–H groups in total. The average Bonchev–Trinajstić information content (AvgIpc) is 2.66. The van der Waals surface area contributed by atoms with Gasteiger partial charge in [-0.15, -0.1) is 0 Å². The lowest BCUT2D eigenvalue weighted by Crippen LogP contribution is -2.28.